The first-order chi connectivity index (χ1) is 15.9. The number of pyridine rings is 1. The van der Waals surface area contributed by atoms with Crippen LogP contribution in [-0.2, 0) is 11.3 Å². The third kappa shape index (κ3) is 13.0. The van der Waals surface area contributed by atoms with E-state index < -0.39 is 0 Å². The van der Waals surface area contributed by atoms with Gasteiger partial charge in [0.1, 0.15) is 0 Å². The van der Waals surface area contributed by atoms with Crippen molar-refractivity contribution in [2.75, 3.05) is 12.5 Å². The molecule has 3 rings (SSSR count). The largest absolute Gasteiger partial charge is 0.355 e. The van der Waals surface area contributed by atoms with E-state index in [1.54, 1.807) is 19.3 Å². The molecule has 0 radical (unpaired) electrons. The lowest BCUT2D eigenvalue weighted by Crippen LogP contribution is -2.23. The molecule has 5 nitrogen and oxygen atoms in total. The zero-order valence-corrected chi connectivity index (χ0v) is 21.2. The second-order valence-corrected chi connectivity index (χ2v) is 6.22. The van der Waals surface area contributed by atoms with Gasteiger partial charge in [-0.2, -0.15) is 0 Å². The zero-order valence-electron chi connectivity index (χ0n) is 21.2. The van der Waals surface area contributed by atoms with E-state index in [0.29, 0.717) is 13.0 Å². The second kappa shape index (κ2) is 20.6. The fourth-order valence-electron chi connectivity index (χ4n) is 2.52. The molecule has 1 aromatic heterocycles. The van der Waals surface area contributed by atoms with Gasteiger partial charge >= 0.3 is 0 Å². The molecule has 1 atom stereocenters. The summed E-state index contributed by atoms with van der Waals surface area (Å²) in [5.74, 6) is -0.120. The smallest absolute Gasteiger partial charge is 0.207 e. The summed E-state index contributed by atoms with van der Waals surface area (Å²) < 4.78 is 11.3. The number of halogens is 1. The van der Waals surface area contributed by atoms with Crippen LogP contribution in [0.15, 0.2) is 85.5 Å². The van der Waals surface area contributed by atoms with Crippen LogP contribution in [0.2, 0.25) is 0 Å². The molecule has 0 spiro atoms. The number of para-hydroxylation sites is 1. The Kier molecular flexibility index (Phi) is 20.0. The van der Waals surface area contributed by atoms with E-state index in [4.69, 9.17) is 0 Å². The molecular formula is C27H41FN4O. The Morgan fingerprint density at radius 1 is 1.18 bits per heavy atom. The van der Waals surface area contributed by atoms with Crippen molar-refractivity contribution in [3.8, 4) is 0 Å². The molecule has 0 saturated carbocycles. The molecule has 1 unspecified atom stereocenters. The molecule has 0 aliphatic carbocycles. The second-order valence-electron chi connectivity index (χ2n) is 6.22. The normalized spacial score (nSPS) is 13.3. The van der Waals surface area contributed by atoms with Gasteiger partial charge in [0.25, 0.3) is 0 Å². The minimum Gasteiger partial charge on any atom is -0.355 e. The van der Waals surface area contributed by atoms with Crippen LogP contribution < -0.4 is 10.7 Å². The molecule has 0 fully saturated rings. The first kappa shape index (κ1) is 31.9. The standard InChI is InChI=1S/C12H14N2.C7H8N2O.C4H7F.2C2H6/c1-4-9(2)12-10-7-5-6-8-11(10)13-14(12)3;10-6-9-5-7-1-3-8-4-2-7;1-3-4(2)5;2*1-2/h4-8,12-13H,1-2H2,3H3;1-4,6H,5H2,(H,9,10);3H,1-2H3;2*1-2H3/b;;4-3+;;. The van der Waals surface area contributed by atoms with Crippen LogP contribution in [0.25, 0.3) is 0 Å². The van der Waals surface area contributed by atoms with Gasteiger partial charge in [0, 0.05) is 26.0 Å². The summed E-state index contributed by atoms with van der Waals surface area (Å²) in [6, 6.07) is 12.2. The van der Waals surface area contributed by atoms with Gasteiger partial charge in [-0.25, -0.2) is 9.40 Å². The molecule has 1 aliphatic heterocycles. The van der Waals surface area contributed by atoms with E-state index in [-0.39, 0.29) is 11.9 Å². The molecule has 2 heterocycles. The van der Waals surface area contributed by atoms with Crippen LogP contribution in [0, 0.1) is 0 Å². The molecule has 1 aromatic carbocycles. The van der Waals surface area contributed by atoms with Gasteiger partial charge in [-0.1, -0.05) is 71.2 Å². The van der Waals surface area contributed by atoms with Crippen molar-refractivity contribution in [1.82, 2.24) is 15.3 Å². The van der Waals surface area contributed by atoms with Gasteiger partial charge < -0.3 is 10.7 Å². The monoisotopic (exact) mass is 456 g/mol. The molecule has 1 amide bonds. The summed E-state index contributed by atoms with van der Waals surface area (Å²) in [6.45, 7) is 19.4. The van der Waals surface area contributed by atoms with E-state index in [1.807, 2.05) is 65.1 Å². The van der Waals surface area contributed by atoms with Crippen molar-refractivity contribution in [3.05, 3.63) is 96.6 Å². The third-order valence-electron chi connectivity index (χ3n) is 4.09. The third-order valence-corrected chi connectivity index (χ3v) is 4.09. The van der Waals surface area contributed by atoms with Crippen molar-refractivity contribution < 1.29 is 9.18 Å². The van der Waals surface area contributed by atoms with E-state index in [9.17, 15) is 9.18 Å². The number of fused-ring (bicyclic) bond motifs is 1. The van der Waals surface area contributed by atoms with Crippen LogP contribution in [-0.4, -0.2) is 23.5 Å². The number of aromatic nitrogens is 1. The summed E-state index contributed by atoms with van der Waals surface area (Å²) in [6.07, 6.45) is 7.30. The van der Waals surface area contributed by atoms with Crippen molar-refractivity contribution in [1.29, 1.82) is 0 Å². The number of likely N-dealkylation sites (N-methyl/N-ethyl adjacent to an activating group) is 1. The van der Waals surface area contributed by atoms with Crippen LogP contribution >= 0.6 is 0 Å². The molecule has 2 aromatic rings. The van der Waals surface area contributed by atoms with Gasteiger partial charge in [-0.3, -0.25) is 9.78 Å². The number of allylic oxidation sites excluding steroid dienone is 2. The van der Waals surface area contributed by atoms with Crippen molar-refractivity contribution >= 4 is 12.1 Å². The predicted octanol–water partition coefficient (Wildman–Crippen LogP) is 7.00. The first-order valence-corrected chi connectivity index (χ1v) is 11.2. The lowest BCUT2D eigenvalue weighted by molar-refractivity contribution is -0.109. The van der Waals surface area contributed by atoms with Crippen LogP contribution in [0.1, 0.15) is 58.7 Å². The van der Waals surface area contributed by atoms with Gasteiger partial charge in [0.2, 0.25) is 6.41 Å². The molecule has 182 valence electrons. The molecule has 0 bridgehead atoms. The lowest BCUT2D eigenvalue weighted by Gasteiger charge is -2.20. The van der Waals surface area contributed by atoms with Crippen LogP contribution in [0.3, 0.4) is 0 Å². The highest BCUT2D eigenvalue weighted by Gasteiger charge is 2.27. The zero-order chi connectivity index (χ0) is 25.6. The Balaban J connectivity index is 0. The number of amides is 1. The number of hydrogen-bond acceptors (Lipinski definition) is 4. The van der Waals surface area contributed by atoms with Gasteiger partial charge in [-0.05, 0) is 48.7 Å². The highest BCUT2D eigenvalue weighted by Crippen LogP contribution is 2.37. The Bertz CT molecular complexity index is 818. The van der Waals surface area contributed by atoms with Crippen molar-refractivity contribution in [2.24, 2.45) is 0 Å². The fourth-order valence-corrected chi connectivity index (χ4v) is 2.52. The molecule has 0 saturated heterocycles. The SMILES string of the molecule is C/C=C(\C)F.C=CC(=C)C1c2ccccc2NN1C.CC.CC.O=CNCc1ccncc1. The molecule has 6 heteroatoms. The number of benzene rings is 1. The topological polar surface area (TPSA) is 57.3 Å². The van der Waals surface area contributed by atoms with E-state index >= 15 is 0 Å². The predicted molar refractivity (Wildman–Crippen MR) is 140 cm³/mol. The number of rotatable bonds is 5. The highest BCUT2D eigenvalue weighted by molar-refractivity contribution is 5.58. The Hall–Kier alpha value is -3.25. The fraction of sp³-hybridized carbons (Fsp3) is 0.333. The highest BCUT2D eigenvalue weighted by atomic mass is 19.1. The maximum atomic E-state index is 11.3. The summed E-state index contributed by atoms with van der Waals surface area (Å²) in [5, 5.41) is 4.61. The van der Waals surface area contributed by atoms with Crippen LogP contribution in [0.4, 0.5) is 10.1 Å². The van der Waals surface area contributed by atoms with Gasteiger partial charge in [-0.15, -0.1) is 0 Å². The number of carbonyl (C=O) groups excluding carboxylic acids is 1. The Labute approximate surface area is 200 Å². The molecule has 2 N–H and O–H groups in total. The quantitative estimate of drug-likeness (QED) is 0.376. The molecular weight excluding hydrogens is 415 g/mol. The maximum absolute atomic E-state index is 11.3. The minimum atomic E-state index is -0.120. The van der Waals surface area contributed by atoms with Crippen molar-refractivity contribution in [2.45, 2.75) is 54.1 Å². The number of carbonyl (C=O) groups is 1. The number of anilines is 1. The van der Waals surface area contributed by atoms with Gasteiger partial charge in [0.15, 0.2) is 0 Å². The summed E-state index contributed by atoms with van der Waals surface area (Å²) in [5.41, 5.74) is 7.78. The summed E-state index contributed by atoms with van der Waals surface area (Å²) in [4.78, 5) is 13.7. The average molecular weight is 457 g/mol. The van der Waals surface area contributed by atoms with E-state index in [1.165, 1.54) is 18.6 Å². The number of nitrogens with zero attached hydrogens (tertiary/aromatic N) is 2. The van der Waals surface area contributed by atoms with Crippen molar-refractivity contribution in [3.63, 3.8) is 0 Å². The molecule has 33 heavy (non-hydrogen) atoms. The lowest BCUT2D eigenvalue weighted by atomic mass is 10.00. The molecule has 1 aliphatic rings. The maximum Gasteiger partial charge on any atom is 0.207 e. The van der Waals surface area contributed by atoms with Gasteiger partial charge in [0.05, 0.1) is 17.6 Å². The average Bonchev–Trinajstić information content (AvgIpc) is 3.21. The Morgan fingerprint density at radius 3 is 2.21 bits per heavy atom. The summed E-state index contributed by atoms with van der Waals surface area (Å²) >= 11 is 0. The number of hydrazine groups is 1. The van der Waals surface area contributed by atoms with E-state index in [0.717, 1.165) is 16.8 Å². The minimum absolute atomic E-state index is 0.120. The Morgan fingerprint density at radius 2 is 1.73 bits per heavy atom. The summed E-state index contributed by atoms with van der Waals surface area (Å²) in [7, 11) is 2.01. The number of nitrogens with one attached hydrogen (secondary N) is 2. The van der Waals surface area contributed by atoms with Crippen LogP contribution in [0.5, 0.6) is 0 Å². The number of hydrogen-bond donors (Lipinski definition) is 2. The van der Waals surface area contributed by atoms with E-state index in [2.05, 4.69) is 46.0 Å². The first-order valence-electron chi connectivity index (χ1n) is 11.2.